The van der Waals surface area contributed by atoms with E-state index in [1.807, 2.05) is 30.2 Å². The summed E-state index contributed by atoms with van der Waals surface area (Å²) >= 11 is 0. The Balaban J connectivity index is 1.78. The molecular weight excluding hydrogens is 288 g/mol. The molecular formula is C18H24N4O. The van der Waals surface area contributed by atoms with Crippen LogP contribution in [0.3, 0.4) is 0 Å². The van der Waals surface area contributed by atoms with E-state index in [0.29, 0.717) is 12.3 Å². The highest BCUT2D eigenvalue weighted by Crippen LogP contribution is 2.24. The molecule has 5 heteroatoms. The summed E-state index contributed by atoms with van der Waals surface area (Å²) in [6, 6.07) is 3.98. The van der Waals surface area contributed by atoms with Gasteiger partial charge in [-0.2, -0.15) is 0 Å². The van der Waals surface area contributed by atoms with Gasteiger partial charge in [-0.1, -0.05) is 6.92 Å². The van der Waals surface area contributed by atoms with Crippen LogP contribution in [0.2, 0.25) is 0 Å². The largest absolute Gasteiger partial charge is 0.342 e. The normalized spacial score (nSPS) is 18.2. The van der Waals surface area contributed by atoms with Crippen LogP contribution in [0.5, 0.6) is 0 Å². The summed E-state index contributed by atoms with van der Waals surface area (Å²) in [7, 11) is 0. The molecule has 23 heavy (non-hydrogen) atoms. The standard InChI is InChI=1S/C18H24N4O/c1-3-17(23)21-10-4-5-15(12-21)13-22-14(2)11-20-18(22)16-6-8-19-9-7-16/h6-9,11,15H,3-5,10,12-13H2,1-2H3. The van der Waals surface area contributed by atoms with Crippen LogP contribution >= 0.6 is 0 Å². The molecule has 3 heterocycles. The van der Waals surface area contributed by atoms with E-state index < -0.39 is 0 Å². The van der Waals surface area contributed by atoms with Crippen LogP contribution in [0.15, 0.2) is 30.7 Å². The smallest absolute Gasteiger partial charge is 0.222 e. The van der Waals surface area contributed by atoms with Crippen molar-refractivity contribution >= 4 is 5.91 Å². The van der Waals surface area contributed by atoms with Gasteiger partial charge in [0.25, 0.3) is 0 Å². The van der Waals surface area contributed by atoms with Gasteiger partial charge in [0, 0.05) is 55.9 Å². The lowest BCUT2D eigenvalue weighted by molar-refractivity contribution is -0.132. The molecule has 2 aromatic heterocycles. The number of aromatic nitrogens is 3. The molecule has 1 unspecified atom stereocenters. The van der Waals surface area contributed by atoms with Gasteiger partial charge in [-0.05, 0) is 37.8 Å². The fourth-order valence-electron chi connectivity index (χ4n) is 3.35. The third kappa shape index (κ3) is 3.44. The highest BCUT2D eigenvalue weighted by atomic mass is 16.2. The molecule has 0 aliphatic carbocycles. The van der Waals surface area contributed by atoms with E-state index in [-0.39, 0.29) is 5.91 Å². The molecule has 1 aliphatic rings. The van der Waals surface area contributed by atoms with Gasteiger partial charge in [-0.3, -0.25) is 9.78 Å². The highest BCUT2D eigenvalue weighted by molar-refractivity contribution is 5.75. The van der Waals surface area contributed by atoms with Gasteiger partial charge >= 0.3 is 0 Å². The zero-order valence-electron chi connectivity index (χ0n) is 13.9. The van der Waals surface area contributed by atoms with E-state index >= 15 is 0 Å². The van der Waals surface area contributed by atoms with Crippen LogP contribution < -0.4 is 0 Å². The first-order valence-corrected chi connectivity index (χ1v) is 8.39. The van der Waals surface area contributed by atoms with Gasteiger partial charge in [0.05, 0.1) is 0 Å². The van der Waals surface area contributed by atoms with E-state index in [1.54, 1.807) is 12.4 Å². The number of hydrogen-bond donors (Lipinski definition) is 0. The lowest BCUT2D eigenvalue weighted by atomic mass is 9.97. The van der Waals surface area contributed by atoms with Gasteiger partial charge in [0.2, 0.25) is 5.91 Å². The van der Waals surface area contributed by atoms with Crippen molar-refractivity contribution in [1.82, 2.24) is 19.4 Å². The molecule has 1 fully saturated rings. The second kappa shape index (κ2) is 6.94. The van der Waals surface area contributed by atoms with Crippen molar-refractivity contribution < 1.29 is 4.79 Å². The van der Waals surface area contributed by atoms with Crippen molar-refractivity contribution in [3.8, 4) is 11.4 Å². The third-order valence-corrected chi connectivity index (χ3v) is 4.61. The number of likely N-dealkylation sites (tertiary alicyclic amines) is 1. The molecule has 2 aromatic rings. The molecule has 0 N–H and O–H groups in total. The number of carbonyl (C=O) groups is 1. The third-order valence-electron chi connectivity index (χ3n) is 4.61. The monoisotopic (exact) mass is 312 g/mol. The molecule has 0 radical (unpaired) electrons. The van der Waals surface area contributed by atoms with Crippen molar-refractivity contribution in [2.75, 3.05) is 13.1 Å². The first kappa shape index (κ1) is 15.7. The first-order chi connectivity index (χ1) is 11.2. The number of hydrogen-bond acceptors (Lipinski definition) is 3. The lowest BCUT2D eigenvalue weighted by Crippen LogP contribution is -2.40. The molecule has 5 nitrogen and oxygen atoms in total. The van der Waals surface area contributed by atoms with Crippen LogP contribution in [-0.2, 0) is 11.3 Å². The summed E-state index contributed by atoms with van der Waals surface area (Å²) < 4.78 is 2.28. The Morgan fingerprint density at radius 3 is 2.87 bits per heavy atom. The summed E-state index contributed by atoms with van der Waals surface area (Å²) in [5.74, 6) is 1.75. The number of nitrogens with zero attached hydrogens (tertiary/aromatic N) is 4. The van der Waals surface area contributed by atoms with Gasteiger partial charge in [-0.25, -0.2) is 4.98 Å². The van der Waals surface area contributed by atoms with E-state index in [4.69, 9.17) is 0 Å². The van der Waals surface area contributed by atoms with E-state index in [9.17, 15) is 4.79 Å². The summed E-state index contributed by atoms with van der Waals surface area (Å²) in [6.07, 6.45) is 8.38. The summed E-state index contributed by atoms with van der Waals surface area (Å²) in [6.45, 7) is 6.71. The molecule has 1 amide bonds. The van der Waals surface area contributed by atoms with Crippen molar-refractivity contribution in [1.29, 1.82) is 0 Å². The maximum absolute atomic E-state index is 12.0. The molecule has 122 valence electrons. The fraction of sp³-hybridized carbons (Fsp3) is 0.500. The molecule has 0 bridgehead atoms. The predicted octanol–water partition coefficient (Wildman–Crippen LogP) is 2.90. The SMILES string of the molecule is CCC(=O)N1CCCC(Cn2c(C)cnc2-c2ccncc2)C1. The van der Waals surface area contributed by atoms with Crippen LogP contribution in [-0.4, -0.2) is 38.4 Å². The maximum atomic E-state index is 12.0. The number of imidazole rings is 1. The number of carbonyl (C=O) groups excluding carboxylic acids is 1. The Morgan fingerprint density at radius 2 is 2.13 bits per heavy atom. The van der Waals surface area contributed by atoms with Crippen molar-refractivity contribution in [3.05, 3.63) is 36.4 Å². The van der Waals surface area contributed by atoms with Gasteiger partial charge in [-0.15, -0.1) is 0 Å². The minimum absolute atomic E-state index is 0.270. The van der Waals surface area contributed by atoms with Crippen LogP contribution in [0.25, 0.3) is 11.4 Å². The zero-order valence-corrected chi connectivity index (χ0v) is 13.9. The van der Waals surface area contributed by atoms with Crippen molar-refractivity contribution in [3.63, 3.8) is 0 Å². The minimum atomic E-state index is 0.270. The molecule has 0 aromatic carbocycles. The average molecular weight is 312 g/mol. The quantitative estimate of drug-likeness (QED) is 0.872. The summed E-state index contributed by atoms with van der Waals surface area (Å²) in [5.41, 5.74) is 2.25. The summed E-state index contributed by atoms with van der Waals surface area (Å²) in [5, 5.41) is 0. The molecule has 0 saturated carbocycles. The van der Waals surface area contributed by atoms with Gasteiger partial charge in [0.1, 0.15) is 5.82 Å². The van der Waals surface area contributed by atoms with E-state index in [1.165, 1.54) is 6.42 Å². The number of rotatable bonds is 4. The number of amides is 1. The molecule has 1 aliphatic heterocycles. The highest BCUT2D eigenvalue weighted by Gasteiger charge is 2.24. The van der Waals surface area contributed by atoms with E-state index in [2.05, 4.69) is 21.5 Å². The molecule has 1 saturated heterocycles. The average Bonchev–Trinajstić information content (AvgIpc) is 2.96. The fourth-order valence-corrected chi connectivity index (χ4v) is 3.35. The zero-order chi connectivity index (χ0) is 16.2. The number of pyridine rings is 1. The topological polar surface area (TPSA) is 51.0 Å². The van der Waals surface area contributed by atoms with E-state index in [0.717, 1.165) is 43.1 Å². The lowest BCUT2D eigenvalue weighted by Gasteiger charge is -2.33. The van der Waals surface area contributed by atoms with Gasteiger partial charge < -0.3 is 9.47 Å². The predicted molar refractivity (Wildman–Crippen MR) is 89.8 cm³/mol. The Hall–Kier alpha value is -2.17. The van der Waals surface area contributed by atoms with Crippen LogP contribution in [0.1, 0.15) is 31.9 Å². The number of aryl methyl sites for hydroxylation is 1. The van der Waals surface area contributed by atoms with Crippen molar-refractivity contribution in [2.24, 2.45) is 5.92 Å². The van der Waals surface area contributed by atoms with Crippen molar-refractivity contribution in [2.45, 2.75) is 39.7 Å². The molecule has 0 spiro atoms. The van der Waals surface area contributed by atoms with Crippen LogP contribution in [0.4, 0.5) is 0 Å². The second-order valence-corrected chi connectivity index (χ2v) is 6.27. The Kier molecular flexibility index (Phi) is 4.74. The summed E-state index contributed by atoms with van der Waals surface area (Å²) in [4.78, 5) is 22.6. The minimum Gasteiger partial charge on any atom is -0.342 e. The first-order valence-electron chi connectivity index (χ1n) is 8.39. The van der Waals surface area contributed by atoms with Gasteiger partial charge in [0.15, 0.2) is 0 Å². The Bertz CT molecular complexity index is 665. The Labute approximate surface area is 137 Å². The second-order valence-electron chi connectivity index (χ2n) is 6.27. The Morgan fingerprint density at radius 1 is 1.35 bits per heavy atom. The molecule has 3 rings (SSSR count). The number of piperidine rings is 1. The molecule has 1 atom stereocenters. The maximum Gasteiger partial charge on any atom is 0.222 e. The van der Waals surface area contributed by atoms with Crippen LogP contribution in [0, 0.1) is 12.8 Å².